The Hall–Kier alpha value is -2.29. The molecule has 7 nitrogen and oxygen atoms in total. The molecule has 1 heterocycles. The van der Waals surface area contributed by atoms with E-state index in [1.165, 1.54) is 18.2 Å². The van der Waals surface area contributed by atoms with Crippen LogP contribution in [-0.4, -0.2) is 43.7 Å². The summed E-state index contributed by atoms with van der Waals surface area (Å²) in [6, 6.07) is 4.07. The van der Waals surface area contributed by atoms with Gasteiger partial charge < -0.3 is 10.2 Å². The van der Waals surface area contributed by atoms with Crippen molar-refractivity contribution in [1.29, 1.82) is 0 Å². The molecule has 0 aliphatic heterocycles. The number of hydrogen-bond acceptors (Lipinski definition) is 7. The molecule has 2 aromatic rings. The first kappa shape index (κ1) is 20.0. The molecule has 0 saturated heterocycles. The van der Waals surface area contributed by atoms with Gasteiger partial charge in [0.05, 0.1) is 5.75 Å². The lowest BCUT2D eigenvalue weighted by Crippen LogP contribution is -2.17. The lowest BCUT2D eigenvalue weighted by Gasteiger charge is -2.15. The van der Waals surface area contributed by atoms with Crippen molar-refractivity contribution in [3.63, 3.8) is 0 Å². The molecule has 9 heteroatoms. The summed E-state index contributed by atoms with van der Waals surface area (Å²) in [5.74, 6) is 1.06. The third-order valence-electron chi connectivity index (χ3n) is 3.58. The predicted octanol–water partition coefficient (Wildman–Crippen LogP) is 2.36. The molecule has 0 amide bonds. The molecule has 26 heavy (non-hydrogen) atoms. The second-order valence-electron chi connectivity index (χ2n) is 6.70. The van der Waals surface area contributed by atoms with E-state index in [1.807, 2.05) is 27.9 Å². The Morgan fingerprint density at radius 3 is 2.42 bits per heavy atom. The van der Waals surface area contributed by atoms with Crippen LogP contribution in [0.2, 0.25) is 0 Å². The van der Waals surface area contributed by atoms with Crippen molar-refractivity contribution in [2.75, 3.05) is 30.6 Å². The molecule has 1 aromatic heterocycles. The van der Waals surface area contributed by atoms with Crippen LogP contribution in [0, 0.1) is 5.82 Å². The second kappa shape index (κ2) is 7.94. The molecule has 0 saturated carbocycles. The van der Waals surface area contributed by atoms with Crippen LogP contribution in [0.15, 0.2) is 18.2 Å². The Morgan fingerprint density at radius 2 is 1.85 bits per heavy atom. The number of nitrogens with zero attached hydrogens (tertiary/aromatic N) is 4. The number of benzene rings is 1. The van der Waals surface area contributed by atoms with Crippen molar-refractivity contribution < 1.29 is 12.8 Å². The smallest absolute Gasteiger partial charge is 0.229 e. The summed E-state index contributed by atoms with van der Waals surface area (Å²) in [5, 5.41) is 3.05. The first-order valence-electron chi connectivity index (χ1n) is 8.17. The van der Waals surface area contributed by atoms with E-state index < -0.39 is 15.7 Å². The molecule has 0 atom stereocenters. The minimum atomic E-state index is -3.23. The zero-order chi connectivity index (χ0) is 19.5. The minimum Gasteiger partial charge on any atom is -0.350 e. The van der Waals surface area contributed by atoms with Crippen molar-refractivity contribution in [2.24, 2.45) is 0 Å². The van der Waals surface area contributed by atoms with Gasteiger partial charge >= 0.3 is 0 Å². The number of hydrogen-bond donors (Lipinski definition) is 1. The monoisotopic (exact) mass is 381 g/mol. The van der Waals surface area contributed by atoms with Gasteiger partial charge in [-0.05, 0) is 23.3 Å². The van der Waals surface area contributed by atoms with Gasteiger partial charge in [0.2, 0.25) is 11.9 Å². The van der Waals surface area contributed by atoms with Crippen LogP contribution in [-0.2, 0) is 22.1 Å². The van der Waals surface area contributed by atoms with Crippen LogP contribution < -0.4 is 10.2 Å². The molecule has 0 bridgehead atoms. The standard InChI is InChI=1S/C17H24FN5O2S/c1-11(2)15-20-16(22-17(21-15)23(3)4)19-9-13-8-14(18)7-6-12(13)10-26(5,24)25/h6-8,11H,9-10H2,1-5H3,(H,19,20,21,22). The van der Waals surface area contributed by atoms with Gasteiger partial charge in [-0.25, -0.2) is 12.8 Å². The second-order valence-corrected chi connectivity index (χ2v) is 8.84. The molecule has 1 N–H and O–H groups in total. The number of halogens is 1. The lowest BCUT2D eigenvalue weighted by atomic mass is 10.1. The number of rotatable bonds is 7. The average molecular weight is 381 g/mol. The average Bonchev–Trinajstić information content (AvgIpc) is 2.53. The molecule has 0 unspecified atom stereocenters. The quantitative estimate of drug-likeness (QED) is 0.787. The van der Waals surface area contributed by atoms with E-state index in [2.05, 4.69) is 20.3 Å². The summed E-state index contributed by atoms with van der Waals surface area (Å²) in [6.45, 7) is 4.17. The van der Waals surface area contributed by atoms with Crippen LogP contribution >= 0.6 is 0 Å². The fourth-order valence-electron chi connectivity index (χ4n) is 2.27. The summed E-state index contributed by atoms with van der Waals surface area (Å²) in [5.41, 5.74) is 1.10. The Kier molecular flexibility index (Phi) is 6.12. The number of sulfone groups is 1. The Morgan fingerprint density at radius 1 is 1.15 bits per heavy atom. The van der Waals surface area contributed by atoms with Crippen molar-refractivity contribution >= 4 is 21.7 Å². The van der Waals surface area contributed by atoms with Crippen molar-refractivity contribution in [3.8, 4) is 0 Å². The van der Waals surface area contributed by atoms with Gasteiger partial charge in [-0.1, -0.05) is 19.9 Å². The van der Waals surface area contributed by atoms with E-state index >= 15 is 0 Å². The highest BCUT2D eigenvalue weighted by atomic mass is 32.2. The molecule has 2 rings (SSSR count). The lowest BCUT2D eigenvalue weighted by molar-refractivity contribution is 0.600. The maximum atomic E-state index is 13.6. The van der Waals surface area contributed by atoms with E-state index in [4.69, 9.17) is 0 Å². The van der Waals surface area contributed by atoms with E-state index in [9.17, 15) is 12.8 Å². The molecule has 0 aliphatic carbocycles. The Bertz CT molecular complexity index is 858. The molecular formula is C17H24FN5O2S. The molecule has 0 radical (unpaired) electrons. The minimum absolute atomic E-state index is 0.118. The normalized spacial score (nSPS) is 11.7. The van der Waals surface area contributed by atoms with Crippen LogP contribution in [0.25, 0.3) is 0 Å². The highest BCUT2D eigenvalue weighted by Crippen LogP contribution is 2.18. The van der Waals surface area contributed by atoms with Gasteiger partial charge in [-0.15, -0.1) is 0 Å². The van der Waals surface area contributed by atoms with Crippen LogP contribution in [0.4, 0.5) is 16.3 Å². The summed E-state index contributed by atoms with van der Waals surface area (Å²) in [6.07, 6.45) is 1.15. The first-order valence-corrected chi connectivity index (χ1v) is 10.2. The third-order valence-corrected chi connectivity index (χ3v) is 4.42. The van der Waals surface area contributed by atoms with Gasteiger partial charge in [0.15, 0.2) is 9.84 Å². The molecule has 0 fully saturated rings. The first-order chi connectivity index (χ1) is 12.0. The van der Waals surface area contributed by atoms with Gasteiger partial charge in [0, 0.05) is 32.8 Å². The molecule has 0 spiro atoms. The van der Waals surface area contributed by atoms with Crippen LogP contribution in [0.5, 0.6) is 0 Å². The number of nitrogens with one attached hydrogen (secondary N) is 1. The summed E-state index contributed by atoms with van der Waals surface area (Å²) in [4.78, 5) is 14.9. The fourth-order valence-corrected chi connectivity index (χ4v) is 3.12. The highest BCUT2D eigenvalue weighted by molar-refractivity contribution is 7.89. The zero-order valence-electron chi connectivity index (χ0n) is 15.6. The molecule has 1 aromatic carbocycles. The Labute approximate surface area is 153 Å². The van der Waals surface area contributed by atoms with Crippen molar-refractivity contribution in [1.82, 2.24) is 15.0 Å². The molecular weight excluding hydrogens is 357 g/mol. The number of anilines is 2. The van der Waals surface area contributed by atoms with E-state index in [0.29, 0.717) is 28.8 Å². The van der Waals surface area contributed by atoms with Crippen LogP contribution in [0.1, 0.15) is 36.7 Å². The predicted molar refractivity (Wildman–Crippen MR) is 101 cm³/mol. The number of aromatic nitrogens is 3. The van der Waals surface area contributed by atoms with E-state index in [0.717, 1.165) is 6.26 Å². The third kappa shape index (κ3) is 5.62. The van der Waals surface area contributed by atoms with E-state index in [1.54, 1.807) is 4.90 Å². The molecule has 0 aliphatic rings. The summed E-state index contributed by atoms with van der Waals surface area (Å²) >= 11 is 0. The SMILES string of the molecule is CC(C)c1nc(NCc2cc(F)ccc2CS(C)(=O)=O)nc(N(C)C)n1. The van der Waals surface area contributed by atoms with Crippen LogP contribution in [0.3, 0.4) is 0 Å². The fraction of sp³-hybridized carbons (Fsp3) is 0.471. The van der Waals surface area contributed by atoms with Gasteiger partial charge in [-0.2, -0.15) is 15.0 Å². The van der Waals surface area contributed by atoms with Gasteiger partial charge in [0.25, 0.3) is 0 Å². The summed E-state index contributed by atoms with van der Waals surface area (Å²) in [7, 11) is 0.437. The van der Waals surface area contributed by atoms with Gasteiger partial charge in [-0.3, -0.25) is 0 Å². The van der Waals surface area contributed by atoms with Crippen molar-refractivity contribution in [2.45, 2.75) is 32.1 Å². The maximum absolute atomic E-state index is 13.6. The van der Waals surface area contributed by atoms with E-state index in [-0.39, 0.29) is 18.2 Å². The highest BCUT2D eigenvalue weighted by Gasteiger charge is 2.13. The topological polar surface area (TPSA) is 88.1 Å². The molecule has 142 valence electrons. The largest absolute Gasteiger partial charge is 0.350 e. The Balaban J connectivity index is 2.29. The zero-order valence-corrected chi connectivity index (χ0v) is 16.4. The van der Waals surface area contributed by atoms with Crippen molar-refractivity contribution in [3.05, 3.63) is 41.0 Å². The summed E-state index contributed by atoms with van der Waals surface area (Å²) < 4.78 is 36.8. The van der Waals surface area contributed by atoms with Gasteiger partial charge in [0.1, 0.15) is 11.6 Å². The maximum Gasteiger partial charge on any atom is 0.229 e.